The van der Waals surface area contributed by atoms with Gasteiger partial charge in [0.15, 0.2) is 0 Å². The summed E-state index contributed by atoms with van der Waals surface area (Å²) in [7, 11) is 1.85. The lowest BCUT2D eigenvalue weighted by Crippen LogP contribution is -2.21. The van der Waals surface area contributed by atoms with Crippen molar-refractivity contribution in [2.45, 2.75) is 13.0 Å². The van der Waals surface area contributed by atoms with Gasteiger partial charge in [0.25, 0.3) is 0 Å². The minimum Gasteiger partial charge on any atom is -0.508 e. The van der Waals surface area contributed by atoms with E-state index in [2.05, 4.69) is 0 Å². The van der Waals surface area contributed by atoms with Gasteiger partial charge in [-0.05, 0) is 43.3 Å². The van der Waals surface area contributed by atoms with E-state index in [0.29, 0.717) is 10.6 Å². The van der Waals surface area contributed by atoms with E-state index in [-0.39, 0.29) is 17.6 Å². The summed E-state index contributed by atoms with van der Waals surface area (Å²) in [4.78, 5) is 1.88. The minimum atomic E-state index is -0.285. The Kier molecular flexibility index (Phi) is 3.96. The van der Waals surface area contributed by atoms with Crippen molar-refractivity contribution in [1.29, 1.82) is 0 Å². The molecule has 0 amide bonds. The van der Waals surface area contributed by atoms with Crippen molar-refractivity contribution in [3.05, 3.63) is 58.9 Å². The van der Waals surface area contributed by atoms with Crippen LogP contribution in [0.3, 0.4) is 0 Å². The molecule has 1 unspecified atom stereocenters. The molecule has 4 heteroatoms. The standard InChI is InChI=1S/C15H15ClFNO/c1-10(14-8-11(16)6-7-15(14)19)18(2)13-5-3-4-12(17)9-13/h3-10,19H,1-2H3. The zero-order valence-corrected chi connectivity index (χ0v) is 11.5. The van der Waals surface area contributed by atoms with Crippen LogP contribution >= 0.6 is 11.6 Å². The van der Waals surface area contributed by atoms with Crippen LogP contribution in [0.2, 0.25) is 5.02 Å². The summed E-state index contributed by atoms with van der Waals surface area (Å²) in [6.07, 6.45) is 0. The maximum absolute atomic E-state index is 13.2. The first-order valence-electron chi connectivity index (χ1n) is 5.96. The van der Waals surface area contributed by atoms with E-state index < -0.39 is 0 Å². The molecule has 0 saturated heterocycles. The Labute approximate surface area is 117 Å². The third-order valence-electron chi connectivity index (χ3n) is 3.24. The predicted molar refractivity (Wildman–Crippen MR) is 76.3 cm³/mol. The quantitative estimate of drug-likeness (QED) is 0.901. The monoisotopic (exact) mass is 279 g/mol. The third-order valence-corrected chi connectivity index (χ3v) is 3.47. The molecule has 0 aliphatic rings. The molecule has 0 fully saturated rings. The summed E-state index contributed by atoms with van der Waals surface area (Å²) < 4.78 is 13.2. The first-order chi connectivity index (χ1) is 8.99. The Bertz CT molecular complexity index is 588. The molecule has 0 aromatic heterocycles. The fourth-order valence-corrected chi connectivity index (χ4v) is 2.17. The van der Waals surface area contributed by atoms with Gasteiger partial charge in [0.2, 0.25) is 0 Å². The second kappa shape index (κ2) is 5.49. The van der Waals surface area contributed by atoms with Crippen molar-refractivity contribution >= 4 is 17.3 Å². The lowest BCUT2D eigenvalue weighted by molar-refractivity contribution is 0.462. The summed E-state index contributed by atoms with van der Waals surface area (Å²) in [6.45, 7) is 1.93. The molecule has 0 radical (unpaired) electrons. The second-order valence-electron chi connectivity index (χ2n) is 4.47. The van der Waals surface area contributed by atoms with E-state index in [0.717, 1.165) is 5.69 Å². The SMILES string of the molecule is CC(c1cc(Cl)ccc1O)N(C)c1cccc(F)c1. The van der Waals surface area contributed by atoms with Gasteiger partial charge in [0, 0.05) is 23.3 Å². The number of rotatable bonds is 3. The Morgan fingerprint density at radius 3 is 2.63 bits per heavy atom. The van der Waals surface area contributed by atoms with Gasteiger partial charge in [-0.1, -0.05) is 17.7 Å². The molecule has 0 saturated carbocycles. The fourth-order valence-electron chi connectivity index (χ4n) is 1.99. The Morgan fingerprint density at radius 1 is 1.21 bits per heavy atom. The summed E-state index contributed by atoms with van der Waals surface area (Å²) in [6, 6.07) is 11.1. The zero-order chi connectivity index (χ0) is 14.0. The largest absolute Gasteiger partial charge is 0.508 e. The Hall–Kier alpha value is -1.74. The van der Waals surface area contributed by atoms with Crippen LogP contribution in [-0.4, -0.2) is 12.2 Å². The van der Waals surface area contributed by atoms with Crippen molar-refractivity contribution in [3.8, 4) is 5.75 Å². The molecule has 0 bridgehead atoms. The number of hydrogen-bond donors (Lipinski definition) is 1. The van der Waals surface area contributed by atoms with Gasteiger partial charge in [-0.15, -0.1) is 0 Å². The van der Waals surface area contributed by atoms with Gasteiger partial charge in [-0.3, -0.25) is 0 Å². The topological polar surface area (TPSA) is 23.5 Å². The number of phenolic OH excluding ortho intramolecular Hbond substituents is 1. The molecule has 0 aliphatic carbocycles. The second-order valence-corrected chi connectivity index (χ2v) is 4.91. The molecular formula is C15H15ClFNO. The van der Waals surface area contributed by atoms with Gasteiger partial charge >= 0.3 is 0 Å². The normalized spacial score (nSPS) is 12.2. The molecule has 1 N–H and O–H groups in total. The van der Waals surface area contributed by atoms with Crippen molar-refractivity contribution in [2.75, 3.05) is 11.9 Å². The summed E-state index contributed by atoms with van der Waals surface area (Å²) in [5.41, 5.74) is 1.45. The van der Waals surface area contributed by atoms with Gasteiger partial charge in [-0.2, -0.15) is 0 Å². The van der Waals surface area contributed by atoms with Crippen LogP contribution in [0.4, 0.5) is 10.1 Å². The molecule has 19 heavy (non-hydrogen) atoms. The number of aromatic hydroxyl groups is 1. The molecule has 2 nitrogen and oxygen atoms in total. The van der Waals surface area contributed by atoms with Crippen LogP contribution in [0.15, 0.2) is 42.5 Å². The van der Waals surface area contributed by atoms with Gasteiger partial charge in [0.05, 0.1) is 6.04 Å². The molecule has 0 heterocycles. The van der Waals surface area contributed by atoms with E-state index in [1.807, 2.05) is 24.9 Å². The third kappa shape index (κ3) is 2.99. The number of halogens is 2. The smallest absolute Gasteiger partial charge is 0.125 e. The molecule has 2 aromatic rings. The Morgan fingerprint density at radius 2 is 1.95 bits per heavy atom. The highest BCUT2D eigenvalue weighted by atomic mass is 35.5. The van der Waals surface area contributed by atoms with E-state index >= 15 is 0 Å². The zero-order valence-electron chi connectivity index (χ0n) is 10.8. The van der Waals surface area contributed by atoms with Crippen LogP contribution < -0.4 is 4.90 Å². The van der Waals surface area contributed by atoms with E-state index in [9.17, 15) is 9.50 Å². The molecule has 2 rings (SSSR count). The molecule has 2 aromatic carbocycles. The first-order valence-corrected chi connectivity index (χ1v) is 6.33. The van der Waals surface area contributed by atoms with Crippen LogP contribution in [0.5, 0.6) is 5.75 Å². The average Bonchev–Trinajstić information content (AvgIpc) is 2.40. The molecule has 0 spiro atoms. The highest BCUT2D eigenvalue weighted by Gasteiger charge is 2.16. The van der Waals surface area contributed by atoms with Crippen LogP contribution in [-0.2, 0) is 0 Å². The summed E-state index contributed by atoms with van der Waals surface area (Å²) >= 11 is 5.95. The van der Waals surface area contributed by atoms with Crippen molar-refractivity contribution in [3.63, 3.8) is 0 Å². The van der Waals surface area contributed by atoms with Crippen molar-refractivity contribution < 1.29 is 9.50 Å². The maximum Gasteiger partial charge on any atom is 0.125 e. The number of phenols is 1. The number of benzene rings is 2. The minimum absolute atomic E-state index is 0.125. The first kappa shape index (κ1) is 13.7. The fraction of sp³-hybridized carbons (Fsp3) is 0.200. The number of anilines is 1. The van der Waals surface area contributed by atoms with E-state index in [4.69, 9.17) is 11.6 Å². The van der Waals surface area contributed by atoms with Crippen molar-refractivity contribution in [1.82, 2.24) is 0 Å². The molecule has 100 valence electrons. The van der Waals surface area contributed by atoms with Gasteiger partial charge in [0.1, 0.15) is 11.6 Å². The van der Waals surface area contributed by atoms with E-state index in [1.54, 1.807) is 24.3 Å². The van der Waals surface area contributed by atoms with Crippen LogP contribution in [0, 0.1) is 5.82 Å². The summed E-state index contributed by atoms with van der Waals surface area (Å²) in [5.74, 6) is -0.105. The lowest BCUT2D eigenvalue weighted by Gasteiger charge is -2.28. The molecule has 0 aliphatic heterocycles. The number of nitrogens with zero attached hydrogens (tertiary/aromatic N) is 1. The van der Waals surface area contributed by atoms with E-state index in [1.165, 1.54) is 12.1 Å². The average molecular weight is 280 g/mol. The van der Waals surface area contributed by atoms with Crippen LogP contribution in [0.1, 0.15) is 18.5 Å². The maximum atomic E-state index is 13.2. The highest BCUT2D eigenvalue weighted by Crippen LogP contribution is 2.32. The van der Waals surface area contributed by atoms with Crippen LogP contribution in [0.25, 0.3) is 0 Å². The lowest BCUT2D eigenvalue weighted by atomic mass is 10.1. The molecule has 1 atom stereocenters. The van der Waals surface area contributed by atoms with Crippen molar-refractivity contribution in [2.24, 2.45) is 0 Å². The molecular weight excluding hydrogens is 265 g/mol. The predicted octanol–water partition coefficient (Wildman–Crippen LogP) is 4.38. The van der Waals surface area contributed by atoms with Gasteiger partial charge < -0.3 is 10.0 Å². The summed E-state index contributed by atoms with van der Waals surface area (Å²) in [5, 5.41) is 10.5. The highest BCUT2D eigenvalue weighted by molar-refractivity contribution is 6.30. The Balaban J connectivity index is 2.33. The number of hydrogen-bond acceptors (Lipinski definition) is 2. The van der Waals surface area contributed by atoms with Gasteiger partial charge in [-0.25, -0.2) is 4.39 Å².